The Hall–Kier alpha value is -1.97. The third-order valence-corrected chi connectivity index (χ3v) is 5.38. The fraction of sp³-hybridized carbons (Fsp3) is 0.438. The third-order valence-electron chi connectivity index (χ3n) is 5.38. The molecule has 100 valence electrons. The van der Waals surface area contributed by atoms with Crippen LogP contribution in [0.5, 0.6) is 0 Å². The minimum atomic E-state index is 0.653. The van der Waals surface area contributed by atoms with Crippen LogP contribution >= 0.6 is 0 Å². The van der Waals surface area contributed by atoms with Crippen LogP contribution < -0.4 is 5.32 Å². The molecule has 0 radical (unpaired) electrons. The molecule has 4 aliphatic rings. The van der Waals surface area contributed by atoms with Crippen LogP contribution in [0.4, 0.5) is 5.82 Å². The maximum absolute atomic E-state index is 4.32. The number of hydrogen-bond donors (Lipinski definition) is 1. The number of nitrogens with one attached hydrogen (secondary N) is 1. The standard InChI is InChI=1S/C16H16N4/c1-2-6-17-12(3-1)13-4-5-14(20-19-13)18-16-9-7-10-11(8-9)15(10)16/h1-6,9-11,15-16H,7-8H2,(H,18,20). The zero-order chi connectivity index (χ0) is 13.1. The minimum Gasteiger partial charge on any atom is -0.365 e. The van der Waals surface area contributed by atoms with E-state index in [0.717, 1.165) is 40.9 Å². The van der Waals surface area contributed by atoms with Crippen molar-refractivity contribution in [1.82, 2.24) is 15.2 Å². The van der Waals surface area contributed by atoms with E-state index in [-0.39, 0.29) is 0 Å². The molecule has 4 bridgehead atoms. The lowest BCUT2D eigenvalue weighted by Crippen LogP contribution is -2.24. The molecule has 2 aromatic rings. The maximum atomic E-state index is 4.32. The summed E-state index contributed by atoms with van der Waals surface area (Å²) in [5, 5.41) is 12.2. The summed E-state index contributed by atoms with van der Waals surface area (Å²) in [6, 6.07) is 10.5. The van der Waals surface area contributed by atoms with Crippen molar-refractivity contribution in [3.8, 4) is 11.4 Å². The highest BCUT2D eigenvalue weighted by Crippen LogP contribution is 2.70. The van der Waals surface area contributed by atoms with Gasteiger partial charge in [-0.15, -0.1) is 10.2 Å². The van der Waals surface area contributed by atoms with Gasteiger partial charge in [-0.3, -0.25) is 4.98 Å². The zero-order valence-electron chi connectivity index (χ0n) is 11.1. The Kier molecular flexibility index (Phi) is 2.04. The molecule has 0 aliphatic heterocycles. The number of hydrogen-bond acceptors (Lipinski definition) is 4. The Balaban J connectivity index is 1.36. The van der Waals surface area contributed by atoms with E-state index in [1.807, 2.05) is 30.3 Å². The summed E-state index contributed by atoms with van der Waals surface area (Å²) in [6.07, 6.45) is 4.65. The molecule has 2 aromatic heterocycles. The summed E-state index contributed by atoms with van der Waals surface area (Å²) in [6.45, 7) is 0. The smallest absolute Gasteiger partial charge is 0.148 e. The first-order valence-corrected chi connectivity index (χ1v) is 7.42. The normalized spacial score (nSPS) is 36.1. The average Bonchev–Trinajstić information content (AvgIpc) is 2.86. The molecule has 0 saturated heterocycles. The van der Waals surface area contributed by atoms with Gasteiger partial charge in [0.15, 0.2) is 0 Å². The summed E-state index contributed by atoms with van der Waals surface area (Å²) in [4.78, 5) is 4.30. The Morgan fingerprint density at radius 3 is 2.45 bits per heavy atom. The lowest BCUT2D eigenvalue weighted by Gasteiger charge is -2.17. The van der Waals surface area contributed by atoms with Gasteiger partial charge in [-0.2, -0.15) is 0 Å². The highest BCUT2D eigenvalue weighted by molar-refractivity contribution is 5.54. The number of anilines is 1. The largest absolute Gasteiger partial charge is 0.365 e. The highest BCUT2D eigenvalue weighted by atomic mass is 15.2. The summed E-state index contributed by atoms with van der Waals surface area (Å²) in [5.74, 6) is 4.77. The van der Waals surface area contributed by atoms with Gasteiger partial charge in [-0.05, 0) is 60.8 Å². The van der Waals surface area contributed by atoms with Crippen LogP contribution in [0.1, 0.15) is 12.8 Å². The van der Waals surface area contributed by atoms with Crippen molar-refractivity contribution in [2.24, 2.45) is 23.7 Å². The van der Waals surface area contributed by atoms with Crippen LogP contribution in [-0.4, -0.2) is 21.2 Å². The maximum Gasteiger partial charge on any atom is 0.148 e. The van der Waals surface area contributed by atoms with E-state index < -0.39 is 0 Å². The first-order chi connectivity index (χ1) is 9.90. The van der Waals surface area contributed by atoms with Gasteiger partial charge < -0.3 is 5.32 Å². The number of nitrogens with zero attached hydrogens (tertiary/aromatic N) is 3. The minimum absolute atomic E-state index is 0.653. The van der Waals surface area contributed by atoms with Gasteiger partial charge in [-0.25, -0.2) is 0 Å². The van der Waals surface area contributed by atoms with E-state index in [9.17, 15) is 0 Å². The molecular formula is C16H16N4. The molecule has 0 aromatic carbocycles. The molecule has 4 aliphatic carbocycles. The first-order valence-electron chi connectivity index (χ1n) is 7.42. The molecule has 3 atom stereocenters. The van der Waals surface area contributed by atoms with Gasteiger partial charge in [0, 0.05) is 12.2 Å². The van der Waals surface area contributed by atoms with Gasteiger partial charge in [0.2, 0.25) is 0 Å². The van der Waals surface area contributed by atoms with Gasteiger partial charge in [0.1, 0.15) is 11.5 Å². The van der Waals surface area contributed by atoms with Gasteiger partial charge >= 0.3 is 0 Å². The molecule has 4 heteroatoms. The molecule has 4 fully saturated rings. The number of pyridine rings is 1. The Labute approximate surface area is 117 Å². The zero-order valence-corrected chi connectivity index (χ0v) is 11.1. The number of rotatable bonds is 3. The van der Waals surface area contributed by atoms with Crippen molar-refractivity contribution < 1.29 is 0 Å². The van der Waals surface area contributed by atoms with Crippen LogP contribution in [0.25, 0.3) is 11.4 Å². The first kappa shape index (κ1) is 10.8. The second kappa shape index (κ2) is 3.78. The van der Waals surface area contributed by atoms with Crippen LogP contribution in [0.2, 0.25) is 0 Å². The second-order valence-corrected chi connectivity index (χ2v) is 6.33. The molecular weight excluding hydrogens is 248 g/mol. The van der Waals surface area contributed by atoms with E-state index >= 15 is 0 Å². The predicted molar refractivity (Wildman–Crippen MR) is 75.9 cm³/mol. The van der Waals surface area contributed by atoms with E-state index in [1.165, 1.54) is 12.8 Å². The summed E-state index contributed by atoms with van der Waals surface area (Å²) < 4.78 is 0. The molecule has 4 nitrogen and oxygen atoms in total. The highest BCUT2D eigenvalue weighted by Gasteiger charge is 2.68. The third kappa shape index (κ3) is 1.45. The molecule has 3 unspecified atom stereocenters. The monoisotopic (exact) mass is 264 g/mol. The van der Waals surface area contributed by atoms with E-state index in [0.29, 0.717) is 6.04 Å². The Morgan fingerprint density at radius 2 is 1.85 bits per heavy atom. The van der Waals surface area contributed by atoms with Crippen molar-refractivity contribution in [2.45, 2.75) is 18.9 Å². The second-order valence-electron chi connectivity index (χ2n) is 6.33. The van der Waals surface area contributed by atoms with Gasteiger partial charge in [0.25, 0.3) is 0 Å². The van der Waals surface area contributed by atoms with Gasteiger partial charge in [0.05, 0.1) is 5.69 Å². The summed E-state index contributed by atoms with van der Waals surface area (Å²) >= 11 is 0. The fourth-order valence-corrected chi connectivity index (χ4v) is 4.52. The summed E-state index contributed by atoms with van der Waals surface area (Å²) in [5.41, 5.74) is 1.70. The van der Waals surface area contributed by atoms with Crippen molar-refractivity contribution in [1.29, 1.82) is 0 Å². The molecule has 20 heavy (non-hydrogen) atoms. The topological polar surface area (TPSA) is 50.7 Å². The van der Waals surface area contributed by atoms with Crippen molar-refractivity contribution in [3.63, 3.8) is 0 Å². The SMILES string of the molecule is c1ccc(-c2ccc(NC3C4CC5C(C4)C53)nn2)nc1. The van der Waals surface area contributed by atoms with Crippen molar-refractivity contribution >= 4 is 5.82 Å². The van der Waals surface area contributed by atoms with Crippen LogP contribution in [0.15, 0.2) is 36.5 Å². The van der Waals surface area contributed by atoms with E-state index in [4.69, 9.17) is 0 Å². The van der Waals surface area contributed by atoms with Gasteiger partial charge in [-0.1, -0.05) is 6.07 Å². The lowest BCUT2D eigenvalue weighted by molar-refractivity contribution is 0.549. The lowest BCUT2D eigenvalue weighted by atomic mass is 10.1. The van der Waals surface area contributed by atoms with Crippen molar-refractivity contribution in [2.75, 3.05) is 5.32 Å². The summed E-state index contributed by atoms with van der Waals surface area (Å²) in [7, 11) is 0. The molecule has 2 heterocycles. The molecule has 1 N–H and O–H groups in total. The predicted octanol–water partition coefficient (Wildman–Crippen LogP) is 2.60. The van der Waals surface area contributed by atoms with Crippen molar-refractivity contribution in [3.05, 3.63) is 36.5 Å². The van der Waals surface area contributed by atoms with E-state index in [2.05, 4.69) is 20.5 Å². The van der Waals surface area contributed by atoms with Crippen LogP contribution in [-0.2, 0) is 0 Å². The molecule has 4 saturated carbocycles. The molecule has 6 rings (SSSR count). The fourth-order valence-electron chi connectivity index (χ4n) is 4.52. The average molecular weight is 264 g/mol. The Morgan fingerprint density at radius 1 is 0.950 bits per heavy atom. The van der Waals surface area contributed by atoms with E-state index in [1.54, 1.807) is 6.20 Å². The number of aromatic nitrogens is 3. The Bertz CT molecular complexity index is 625. The molecule has 0 spiro atoms. The molecule has 0 amide bonds. The van der Waals surface area contributed by atoms with Crippen LogP contribution in [0.3, 0.4) is 0 Å². The van der Waals surface area contributed by atoms with Crippen LogP contribution in [0, 0.1) is 23.7 Å². The quantitative estimate of drug-likeness (QED) is 0.925.